The maximum atomic E-state index is 11.6. The lowest BCUT2D eigenvalue weighted by molar-refractivity contribution is 0.0963. The Morgan fingerprint density at radius 1 is 1.36 bits per heavy atom. The van der Waals surface area contributed by atoms with Crippen LogP contribution in [0, 0.1) is 0 Å². The summed E-state index contributed by atoms with van der Waals surface area (Å²) in [6.45, 7) is 6.36. The number of amides is 1. The smallest absolute Gasteiger partial charge is 0.251 e. The van der Waals surface area contributed by atoms with Gasteiger partial charge in [-0.2, -0.15) is 4.98 Å². The average molecular weight is 323 g/mol. The zero-order chi connectivity index (χ0) is 16.3. The average Bonchev–Trinajstić information content (AvgIpc) is 2.94. The molecule has 2 rings (SSSR count). The maximum absolute atomic E-state index is 11.6. The predicted molar refractivity (Wildman–Crippen MR) is 85.2 cm³/mol. The Labute approximate surface area is 134 Å². The van der Waals surface area contributed by atoms with Gasteiger partial charge in [0, 0.05) is 18.0 Å². The van der Waals surface area contributed by atoms with E-state index in [-0.39, 0.29) is 11.3 Å². The molecule has 2 aromatic rings. The van der Waals surface area contributed by atoms with Crippen LogP contribution in [0.2, 0.25) is 5.02 Å². The van der Waals surface area contributed by atoms with Gasteiger partial charge in [-0.05, 0) is 18.2 Å². The molecular formula is C15H19ClN4O2. The van der Waals surface area contributed by atoms with Crippen LogP contribution in [0.25, 0.3) is 0 Å². The second kappa shape index (κ2) is 6.36. The summed E-state index contributed by atoms with van der Waals surface area (Å²) in [6, 6.07) is 5.02. The van der Waals surface area contributed by atoms with Crippen LogP contribution in [0.3, 0.4) is 0 Å². The Morgan fingerprint density at radius 3 is 2.68 bits per heavy atom. The summed E-state index contributed by atoms with van der Waals surface area (Å²) in [7, 11) is 1.58. The number of carbonyl (C=O) groups excluding carboxylic acids is 1. The number of hydrogen-bond donors (Lipinski definition) is 2. The van der Waals surface area contributed by atoms with Gasteiger partial charge in [0.2, 0.25) is 5.89 Å². The molecule has 0 atom stereocenters. The van der Waals surface area contributed by atoms with Gasteiger partial charge in [0.05, 0.1) is 17.3 Å². The summed E-state index contributed by atoms with van der Waals surface area (Å²) in [4.78, 5) is 16.0. The lowest BCUT2D eigenvalue weighted by Crippen LogP contribution is -2.18. The van der Waals surface area contributed by atoms with E-state index in [2.05, 4.69) is 20.8 Å². The van der Waals surface area contributed by atoms with Crippen LogP contribution in [-0.4, -0.2) is 23.1 Å². The molecule has 6 nitrogen and oxygen atoms in total. The zero-order valence-electron chi connectivity index (χ0n) is 13.0. The fourth-order valence-electron chi connectivity index (χ4n) is 1.75. The summed E-state index contributed by atoms with van der Waals surface area (Å²) in [6.07, 6.45) is 0. The first-order valence-corrected chi connectivity index (χ1v) is 7.27. The van der Waals surface area contributed by atoms with Crippen molar-refractivity contribution in [2.75, 3.05) is 12.4 Å². The van der Waals surface area contributed by atoms with Crippen molar-refractivity contribution in [3.8, 4) is 0 Å². The Bertz CT molecular complexity index is 676. The molecular weight excluding hydrogens is 304 g/mol. The van der Waals surface area contributed by atoms with Gasteiger partial charge >= 0.3 is 0 Å². The fraction of sp³-hybridized carbons (Fsp3) is 0.400. The largest absolute Gasteiger partial charge is 0.376 e. The number of carbonyl (C=O) groups is 1. The van der Waals surface area contributed by atoms with E-state index in [1.165, 1.54) is 0 Å². The molecule has 0 aliphatic rings. The number of rotatable bonds is 4. The van der Waals surface area contributed by atoms with Crippen LogP contribution < -0.4 is 10.6 Å². The second-order valence-corrected chi connectivity index (χ2v) is 6.30. The number of hydrogen-bond acceptors (Lipinski definition) is 5. The number of aromatic nitrogens is 2. The van der Waals surface area contributed by atoms with Crippen LogP contribution in [-0.2, 0) is 12.0 Å². The summed E-state index contributed by atoms with van der Waals surface area (Å²) >= 11 is 6.13. The predicted octanol–water partition coefficient (Wildman–Crippen LogP) is 2.99. The molecule has 7 heteroatoms. The molecule has 1 amide bonds. The minimum Gasteiger partial charge on any atom is -0.376 e. The second-order valence-electron chi connectivity index (χ2n) is 5.89. The van der Waals surface area contributed by atoms with Crippen LogP contribution in [0.15, 0.2) is 22.7 Å². The topological polar surface area (TPSA) is 80.0 Å². The SMILES string of the molecule is CNC(=O)c1ccc(Cl)c(NCc2noc(C(C)(C)C)n2)c1. The summed E-state index contributed by atoms with van der Waals surface area (Å²) in [5.41, 5.74) is 0.977. The minimum atomic E-state index is -0.192. The first kappa shape index (κ1) is 16.3. The van der Waals surface area contributed by atoms with Gasteiger partial charge < -0.3 is 15.2 Å². The zero-order valence-corrected chi connectivity index (χ0v) is 13.8. The number of nitrogens with one attached hydrogen (secondary N) is 2. The standard InChI is InChI=1S/C15H19ClN4O2/c1-15(2,3)14-19-12(20-22-14)8-18-11-7-9(13(21)17-4)5-6-10(11)16/h5-7,18H,8H2,1-4H3,(H,17,21). The molecule has 1 aromatic carbocycles. The third-order valence-electron chi connectivity index (χ3n) is 3.00. The summed E-state index contributed by atoms with van der Waals surface area (Å²) in [5.74, 6) is 0.940. The van der Waals surface area contributed by atoms with Gasteiger partial charge in [-0.1, -0.05) is 37.5 Å². The molecule has 1 aromatic heterocycles. The van der Waals surface area contributed by atoms with Gasteiger partial charge in [0.15, 0.2) is 5.82 Å². The molecule has 0 aliphatic heterocycles. The van der Waals surface area contributed by atoms with E-state index in [4.69, 9.17) is 16.1 Å². The van der Waals surface area contributed by atoms with Crippen LogP contribution in [0.1, 0.15) is 42.8 Å². The third kappa shape index (κ3) is 3.76. The molecule has 0 spiro atoms. The summed E-state index contributed by atoms with van der Waals surface area (Å²) in [5, 5.41) is 10.1. The number of nitrogens with zero attached hydrogens (tertiary/aromatic N) is 2. The van der Waals surface area contributed by atoms with Crippen molar-refractivity contribution in [3.63, 3.8) is 0 Å². The van der Waals surface area contributed by atoms with E-state index in [0.29, 0.717) is 34.5 Å². The van der Waals surface area contributed by atoms with Crippen molar-refractivity contribution in [1.29, 1.82) is 0 Å². The Hall–Kier alpha value is -2.08. The van der Waals surface area contributed by atoms with Crippen molar-refractivity contribution in [3.05, 3.63) is 40.5 Å². The van der Waals surface area contributed by atoms with Crippen molar-refractivity contribution in [2.24, 2.45) is 0 Å². The molecule has 0 fully saturated rings. The fourth-order valence-corrected chi connectivity index (χ4v) is 1.94. The minimum absolute atomic E-state index is 0.172. The van der Waals surface area contributed by atoms with Gasteiger partial charge in [0.25, 0.3) is 5.91 Å². The van der Waals surface area contributed by atoms with E-state index in [1.807, 2.05) is 20.8 Å². The molecule has 0 saturated heterocycles. The van der Waals surface area contributed by atoms with Crippen LogP contribution in [0.5, 0.6) is 0 Å². The van der Waals surface area contributed by atoms with E-state index in [1.54, 1.807) is 25.2 Å². The molecule has 1 heterocycles. The van der Waals surface area contributed by atoms with Crippen LogP contribution >= 0.6 is 11.6 Å². The Balaban J connectivity index is 2.11. The van der Waals surface area contributed by atoms with Crippen molar-refractivity contribution in [1.82, 2.24) is 15.5 Å². The summed E-state index contributed by atoms with van der Waals surface area (Å²) < 4.78 is 5.23. The monoisotopic (exact) mass is 322 g/mol. The lowest BCUT2D eigenvalue weighted by Gasteiger charge is -2.10. The first-order chi connectivity index (χ1) is 10.3. The first-order valence-electron chi connectivity index (χ1n) is 6.90. The molecule has 2 N–H and O–H groups in total. The highest BCUT2D eigenvalue weighted by molar-refractivity contribution is 6.33. The van der Waals surface area contributed by atoms with Gasteiger partial charge in [-0.3, -0.25) is 4.79 Å². The van der Waals surface area contributed by atoms with Crippen molar-refractivity contribution in [2.45, 2.75) is 32.7 Å². The Kier molecular flexibility index (Phi) is 4.71. The molecule has 0 bridgehead atoms. The number of anilines is 1. The highest BCUT2D eigenvalue weighted by Crippen LogP contribution is 2.24. The number of halogens is 1. The van der Waals surface area contributed by atoms with Gasteiger partial charge in [-0.15, -0.1) is 0 Å². The molecule has 0 saturated carbocycles. The van der Waals surface area contributed by atoms with Gasteiger partial charge in [0.1, 0.15) is 0 Å². The Morgan fingerprint density at radius 2 is 2.09 bits per heavy atom. The van der Waals surface area contributed by atoms with Crippen molar-refractivity contribution >= 4 is 23.2 Å². The maximum Gasteiger partial charge on any atom is 0.251 e. The quantitative estimate of drug-likeness (QED) is 0.904. The van der Waals surface area contributed by atoms with Gasteiger partial charge in [-0.25, -0.2) is 0 Å². The van der Waals surface area contributed by atoms with E-state index >= 15 is 0 Å². The normalized spacial score (nSPS) is 11.3. The number of benzene rings is 1. The van der Waals surface area contributed by atoms with E-state index in [9.17, 15) is 4.79 Å². The highest BCUT2D eigenvalue weighted by Gasteiger charge is 2.21. The van der Waals surface area contributed by atoms with Crippen molar-refractivity contribution < 1.29 is 9.32 Å². The molecule has 0 unspecified atom stereocenters. The molecule has 0 aliphatic carbocycles. The molecule has 0 radical (unpaired) electrons. The molecule has 118 valence electrons. The van der Waals surface area contributed by atoms with Crippen LogP contribution in [0.4, 0.5) is 5.69 Å². The highest BCUT2D eigenvalue weighted by atomic mass is 35.5. The third-order valence-corrected chi connectivity index (χ3v) is 3.33. The van der Waals surface area contributed by atoms with E-state index in [0.717, 1.165) is 0 Å². The lowest BCUT2D eigenvalue weighted by atomic mass is 9.97. The molecule has 22 heavy (non-hydrogen) atoms. The van der Waals surface area contributed by atoms with E-state index < -0.39 is 0 Å².